The minimum atomic E-state index is -1.89. The van der Waals surface area contributed by atoms with Gasteiger partial charge in [-0.1, -0.05) is 6.07 Å². The zero-order chi connectivity index (χ0) is 10.0. The molecule has 1 aromatic rings. The molecule has 0 atom stereocenters. The fourth-order valence-corrected chi connectivity index (χ4v) is 0.822. The maximum atomic E-state index is 12.7. The molecule has 0 amide bonds. The predicted molar refractivity (Wildman–Crippen MR) is 38.3 cm³/mol. The Morgan fingerprint density at radius 3 is 2.00 bits per heavy atom. The van der Waals surface area contributed by atoms with Crippen LogP contribution in [0.3, 0.4) is 0 Å². The number of carboxylic acids is 1. The number of carboxylic acid groups (broad SMARTS) is 1. The van der Waals surface area contributed by atoms with Crippen molar-refractivity contribution in [2.75, 3.05) is 0 Å². The van der Waals surface area contributed by atoms with Crippen molar-refractivity contribution in [3.63, 3.8) is 0 Å². The van der Waals surface area contributed by atoms with Crippen molar-refractivity contribution in [3.8, 4) is 0 Å². The van der Waals surface area contributed by atoms with Crippen LogP contribution in [0.5, 0.6) is 0 Å². The van der Waals surface area contributed by atoms with Gasteiger partial charge < -0.3 is 5.11 Å². The highest BCUT2D eigenvalue weighted by Gasteiger charge is 2.22. The fraction of sp³-hybridized carbons (Fsp3) is 0. The third-order valence-corrected chi connectivity index (χ3v) is 1.38. The Balaban J connectivity index is 3.28. The number of hydrogen-bond donors (Lipinski definition) is 1. The monoisotopic (exact) mass is 186 g/mol. The molecule has 0 heterocycles. The van der Waals surface area contributed by atoms with Crippen LogP contribution >= 0.6 is 0 Å². The SMILES string of the molecule is O=C(O)C(=O)c1c(F)cccc1F. The molecule has 0 fully saturated rings. The molecule has 1 aromatic carbocycles. The van der Waals surface area contributed by atoms with E-state index >= 15 is 0 Å². The first-order valence-corrected chi connectivity index (χ1v) is 3.25. The molecule has 0 aliphatic heterocycles. The highest BCUT2D eigenvalue weighted by molar-refractivity contribution is 6.39. The van der Waals surface area contributed by atoms with Crippen LogP contribution in [0.2, 0.25) is 0 Å². The van der Waals surface area contributed by atoms with E-state index < -0.39 is 29.0 Å². The molecule has 5 heteroatoms. The van der Waals surface area contributed by atoms with E-state index in [9.17, 15) is 18.4 Å². The normalized spacial score (nSPS) is 9.69. The first kappa shape index (κ1) is 9.31. The van der Waals surface area contributed by atoms with Crippen LogP contribution in [0.15, 0.2) is 18.2 Å². The van der Waals surface area contributed by atoms with E-state index in [1.807, 2.05) is 0 Å². The van der Waals surface area contributed by atoms with E-state index in [2.05, 4.69) is 0 Å². The van der Waals surface area contributed by atoms with Crippen molar-refractivity contribution in [2.24, 2.45) is 0 Å². The highest BCUT2D eigenvalue weighted by atomic mass is 19.1. The molecular formula is C8H4F2O3. The Morgan fingerprint density at radius 2 is 1.62 bits per heavy atom. The maximum Gasteiger partial charge on any atom is 0.377 e. The molecule has 0 spiro atoms. The number of Topliss-reactive ketones (excluding diaryl/α,β-unsaturated/α-hetero) is 1. The fourth-order valence-electron chi connectivity index (χ4n) is 0.822. The number of halogens is 2. The van der Waals surface area contributed by atoms with Crippen molar-refractivity contribution in [1.29, 1.82) is 0 Å². The Morgan fingerprint density at radius 1 is 1.15 bits per heavy atom. The molecule has 0 aliphatic carbocycles. The molecule has 1 rings (SSSR count). The lowest BCUT2D eigenvalue weighted by Crippen LogP contribution is -2.16. The van der Waals surface area contributed by atoms with Crippen molar-refractivity contribution >= 4 is 11.8 Å². The standard InChI is InChI=1S/C8H4F2O3/c9-4-2-1-3-5(10)6(4)7(11)8(12)13/h1-3H,(H,12,13). The van der Waals surface area contributed by atoms with Gasteiger partial charge in [0, 0.05) is 0 Å². The van der Waals surface area contributed by atoms with Gasteiger partial charge in [0.1, 0.15) is 17.2 Å². The number of carbonyl (C=O) groups excluding carboxylic acids is 1. The summed E-state index contributed by atoms with van der Waals surface area (Å²) < 4.78 is 25.5. The third kappa shape index (κ3) is 1.69. The first-order valence-electron chi connectivity index (χ1n) is 3.25. The Bertz CT molecular complexity index is 353. The number of carbonyl (C=O) groups is 2. The van der Waals surface area contributed by atoms with Gasteiger partial charge in [-0.3, -0.25) is 4.79 Å². The number of rotatable bonds is 2. The molecule has 0 bridgehead atoms. The highest BCUT2D eigenvalue weighted by Crippen LogP contribution is 2.12. The van der Waals surface area contributed by atoms with Gasteiger partial charge >= 0.3 is 5.97 Å². The van der Waals surface area contributed by atoms with Gasteiger partial charge in [0.2, 0.25) is 0 Å². The number of aliphatic carboxylic acids is 1. The van der Waals surface area contributed by atoms with Crippen molar-refractivity contribution < 1.29 is 23.5 Å². The maximum absolute atomic E-state index is 12.7. The smallest absolute Gasteiger partial charge is 0.377 e. The second-order valence-corrected chi connectivity index (χ2v) is 2.23. The Hall–Kier alpha value is -1.78. The molecule has 13 heavy (non-hydrogen) atoms. The molecule has 0 saturated carbocycles. The largest absolute Gasteiger partial charge is 0.475 e. The molecular weight excluding hydrogens is 182 g/mol. The molecule has 0 aromatic heterocycles. The first-order chi connectivity index (χ1) is 6.04. The van der Waals surface area contributed by atoms with Crippen molar-refractivity contribution in [3.05, 3.63) is 35.4 Å². The lowest BCUT2D eigenvalue weighted by atomic mass is 10.1. The van der Waals surface area contributed by atoms with Crippen LogP contribution in [0.25, 0.3) is 0 Å². The molecule has 0 saturated heterocycles. The molecule has 0 aliphatic rings. The summed E-state index contributed by atoms with van der Waals surface area (Å²) in [6.07, 6.45) is 0. The van der Waals surface area contributed by atoms with Gasteiger partial charge in [-0.25, -0.2) is 13.6 Å². The average molecular weight is 186 g/mol. The summed E-state index contributed by atoms with van der Waals surface area (Å²) in [6.45, 7) is 0. The van der Waals surface area contributed by atoms with Gasteiger partial charge in [0.05, 0.1) is 0 Å². The van der Waals surface area contributed by atoms with Gasteiger partial charge in [-0.05, 0) is 12.1 Å². The van der Waals surface area contributed by atoms with E-state index in [-0.39, 0.29) is 0 Å². The summed E-state index contributed by atoms with van der Waals surface area (Å²) in [5.74, 6) is -5.82. The topological polar surface area (TPSA) is 54.4 Å². The zero-order valence-corrected chi connectivity index (χ0v) is 6.25. The molecule has 3 nitrogen and oxygen atoms in total. The summed E-state index contributed by atoms with van der Waals surface area (Å²) in [6, 6.07) is 2.68. The average Bonchev–Trinajstić information content (AvgIpc) is 2.03. The summed E-state index contributed by atoms with van der Waals surface area (Å²) >= 11 is 0. The van der Waals surface area contributed by atoms with Gasteiger partial charge in [0.15, 0.2) is 0 Å². The van der Waals surface area contributed by atoms with E-state index in [1.165, 1.54) is 0 Å². The van der Waals surface area contributed by atoms with Crippen molar-refractivity contribution in [2.45, 2.75) is 0 Å². The van der Waals surface area contributed by atoms with E-state index in [4.69, 9.17) is 5.11 Å². The van der Waals surface area contributed by atoms with Crippen LogP contribution in [0.4, 0.5) is 8.78 Å². The van der Waals surface area contributed by atoms with Crippen LogP contribution in [-0.2, 0) is 4.79 Å². The number of benzene rings is 1. The number of hydrogen-bond acceptors (Lipinski definition) is 2. The van der Waals surface area contributed by atoms with Crippen LogP contribution in [-0.4, -0.2) is 16.9 Å². The summed E-state index contributed by atoms with van der Waals surface area (Å²) in [5.41, 5.74) is -1.03. The predicted octanol–water partition coefficient (Wildman–Crippen LogP) is 1.23. The van der Waals surface area contributed by atoms with E-state index in [1.54, 1.807) is 0 Å². The third-order valence-electron chi connectivity index (χ3n) is 1.38. The van der Waals surface area contributed by atoms with Crippen molar-refractivity contribution in [1.82, 2.24) is 0 Å². The summed E-state index contributed by atoms with van der Waals surface area (Å²) in [4.78, 5) is 20.8. The van der Waals surface area contributed by atoms with E-state index in [0.717, 1.165) is 18.2 Å². The molecule has 0 radical (unpaired) electrons. The second kappa shape index (κ2) is 3.30. The lowest BCUT2D eigenvalue weighted by Gasteiger charge is -1.98. The Labute approximate surface area is 71.6 Å². The molecule has 0 unspecified atom stereocenters. The van der Waals surface area contributed by atoms with Gasteiger partial charge in [-0.15, -0.1) is 0 Å². The van der Waals surface area contributed by atoms with Crippen LogP contribution in [0, 0.1) is 11.6 Å². The van der Waals surface area contributed by atoms with E-state index in [0.29, 0.717) is 0 Å². The van der Waals surface area contributed by atoms with Gasteiger partial charge in [0.25, 0.3) is 5.78 Å². The second-order valence-electron chi connectivity index (χ2n) is 2.23. The summed E-state index contributed by atoms with van der Waals surface area (Å²) in [7, 11) is 0. The lowest BCUT2D eigenvalue weighted by molar-refractivity contribution is -0.131. The van der Waals surface area contributed by atoms with Gasteiger partial charge in [-0.2, -0.15) is 0 Å². The Kier molecular flexibility index (Phi) is 2.36. The van der Waals surface area contributed by atoms with Crippen LogP contribution < -0.4 is 0 Å². The quantitative estimate of drug-likeness (QED) is 0.558. The zero-order valence-electron chi connectivity index (χ0n) is 6.25. The number of ketones is 1. The minimum Gasteiger partial charge on any atom is -0.475 e. The molecule has 1 N–H and O–H groups in total. The minimum absolute atomic E-state index is 0.819. The summed E-state index contributed by atoms with van der Waals surface area (Å²) in [5, 5.41) is 8.20. The molecule has 68 valence electrons. The van der Waals surface area contributed by atoms with Crippen LogP contribution in [0.1, 0.15) is 10.4 Å².